The normalized spacial score (nSPS) is 18.3. The first-order valence-electron chi connectivity index (χ1n) is 8.49. The van der Waals surface area contributed by atoms with E-state index >= 15 is 0 Å². The number of likely N-dealkylation sites (tertiary alicyclic amines) is 1. The second-order valence-electron chi connectivity index (χ2n) is 6.43. The van der Waals surface area contributed by atoms with Crippen molar-refractivity contribution in [2.45, 2.75) is 31.8 Å². The Labute approximate surface area is 142 Å². The fourth-order valence-corrected chi connectivity index (χ4v) is 3.22. The fourth-order valence-electron chi connectivity index (χ4n) is 3.22. The third-order valence-corrected chi connectivity index (χ3v) is 4.40. The van der Waals surface area contributed by atoms with E-state index < -0.39 is 0 Å². The molecular weight excluding hydrogens is 303 g/mol. The first-order valence-corrected chi connectivity index (χ1v) is 8.49. The number of benzene rings is 2. The Morgan fingerprint density at radius 1 is 1.08 bits per heavy atom. The summed E-state index contributed by atoms with van der Waals surface area (Å²) in [5.74, 6) is -0.267. The molecule has 3 nitrogen and oxygen atoms in total. The second kappa shape index (κ2) is 8.06. The van der Waals surface area contributed by atoms with Crippen LogP contribution in [0.5, 0.6) is 0 Å². The molecule has 2 aromatic carbocycles. The van der Waals surface area contributed by atoms with Crippen LogP contribution >= 0.6 is 0 Å². The number of hydrogen-bond donors (Lipinski definition) is 1. The molecule has 0 bridgehead atoms. The lowest BCUT2D eigenvalue weighted by Crippen LogP contribution is -2.47. The van der Waals surface area contributed by atoms with E-state index in [0.29, 0.717) is 6.42 Å². The smallest absolute Gasteiger partial charge is 0.224 e. The summed E-state index contributed by atoms with van der Waals surface area (Å²) in [5, 5.41) is 3.12. The van der Waals surface area contributed by atoms with Crippen molar-refractivity contribution in [3.05, 3.63) is 71.5 Å². The molecule has 1 amide bonds. The van der Waals surface area contributed by atoms with E-state index in [1.165, 1.54) is 17.7 Å². The standard InChI is InChI=1S/C20H23FN2O/c21-18-10-8-16(9-11-18)13-20(24)22-19-7-4-12-23(15-19)14-17-5-2-1-3-6-17/h1-3,5-6,8-11,19H,4,7,12-15H2,(H,22,24). The molecule has 0 aliphatic carbocycles. The topological polar surface area (TPSA) is 32.3 Å². The number of carbonyl (C=O) groups is 1. The van der Waals surface area contributed by atoms with Crippen LogP contribution in [0.15, 0.2) is 54.6 Å². The highest BCUT2D eigenvalue weighted by Crippen LogP contribution is 2.14. The van der Waals surface area contributed by atoms with E-state index in [4.69, 9.17) is 0 Å². The van der Waals surface area contributed by atoms with Gasteiger partial charge < -0.3 is 5.32 Å². The highest BCUT2D eigenvalue weighted by Gasteiger charge is 2.21. The van der Waals surface area contributed by atoms with Crippen molar-refractivity contribution in [2.75, 3.05) is 13.1 Å². The summed E-state index contributed by atoms with van der Waals surface area (Å²) in [5.41, 5.74) is 2.14. The lowest BCUT2D eigenvalue weighted by molar-refractivity contribution is -0.121. The number of rotatable bonds is 5. The van der Waals surface area contributed by atoms with Gasteiger partial charge in [-0.3, -0.25) is 9.69 Å². The molecule has 4 heteroatoms. The zero-order valence-corrected chi connectivity index (χ0v) is 13.7. The van der Waals surface area contributed by atoms with Crippen LogP contribution < -0.4 is 5.32 Å². The van der Waals surface area contributed by atoms with E-state index in [1.54, 1.807) is 12.1 Å². The highest BCUT2D eigenvalue weighted by molar-refractivity contribution is 5.78. The summed E-state index contributed by atoms with van der Waals surface area (Å²) in [6, 6.07) is 16.7. The van der Waals surface area contributed by atoms with Gasteiger partial charge in [-0.2, -0.15) is 0 Å². The fraction of sp³-hybridized carbons (Fsp3) is 0.350. The van der Waals surface area contributed by atoms with Gasteiger partial charge in [0.1, 0.15) is 5.82 Å². The predicted molar refractivity (Wildman–Crippen MR) is 93.0 cm³/mol. The predicted octanol–water partition coefficient (Wildman–Crippen LogP) is 3.15. The quantitative estimate of drug-likeness (QED) is 0.915. The van der Waals surface area contributed by atoms with Crippen molar-refractivity contribution in [1.82, 2.24) is 10.2 Å². The van der Waals surface area contributed by atoms with Crippen LogP contribution in [-0.2, 0) is 17.8 Å². The molecule has 2 aromatic rings. The third kappa shape index (κ3) is 4.90. The van der Waals surface area contributed by atoms with Crippen molar-refractivity contribution in [3.63, 3.8) is 0 Å². The Kier molecular flexibility index (Phi) is 5.59. The highest BCUT2D eigenvalue weighted by atomic mass is 19.1. The lowest BCUT2D eigenvalue weighted by Gasteiger charge is -2.33. The largest absolute Gasteiger partial charge is 0.352 e. The van der Waals surface area contributed by atoms with Crippen molar-refractivity contribution in [1.29, 1.82) is 0 Å². The maximum absolute atomic E-state index is 12.9. The number of amides is 1. The average molecular weight is 326 g/mol. The monoisotopic (exact) mass is 326 g/mol. The average Bonchev–Trinajstić information content (AvgIpc) is 2.58. The minimum atomic E-state index is -0.275. The molecular formula is C20H23FN2O. The Bertz CT molecular complexity index is 657. The van der Waals surface area contributed by atoms with Crippen LogP contribution in [0.3, 0.4) is 0 Å². The Morgan fingerprint density at radius 2 is 1.83 bits per heavy atom. The van der Waals surface area contributed by atoms with E-state index in [1.807, 2.05) is 6.07 Å². The van der Waals surface area contributed by atoms with E-state index in [0.717, 1.165) is 38.0 Å². The van der Waals surface area contributed by atoms with Crippen molar-refractivity contribution in [3.8, 4) is 0 Å². The van der Waals surface area contributed by atoms with Gasteiger partial charge in [0.15, 0.2) is 0 Å². The van der Waals surface area contributed by atoms with Crippen LogP contribution in [0.2, 0.25) is 0 Å². The number of nitrogens with zero attached hydrogens (tertiary/aromatic N) is 1. The van der Waals surface area contributed by atoms with Gasteiger partial charge in [-0.25, -0.2) is 4.39 Å². The summed E-state index contributed by atoms with van der Waals surface area (Å²) in [4.78, 5) is 14.6. The molecule has 1 fully saturated rings. The molecule has 126 valence electrons. The molecule has 0 aromatic heterocycles. The van der Waals surface area contributed by atoms with Gasteiger partial charge in [0, 0.05) is 19.1 Å². The number of halogens is 1. The van der Waals surface area contributed by atoms with Gasteiger partial charge >= 0.3 is 0 Å². The minimum absolute atomic E-state index is 0.00756. The molecule has 0 saturated carbocycles. The van der Waals surface area contributed by atoms with Crippen LogP contribution in [-0.4, -0.2) is 29.9 Å². The molecule has 3 rings (SSSR count). The first kappa shape index (κ1) is 16.7. The summed E-state index contributed by atoms with van der Waals surface area (Å²) in [6.45, 7) is 2.87. The molecule has 24 heavy (non-hydrogen) atoms. The molecule has 1 N–H and O–H groups in total. The third-order valence-electron chi connectivity index (χ3n) is 4.40. The van der Waals surface area contributed by atoms with Gasteiger partial charge in [0.05, 0.1) is 6.42 Å². The van der Waals surface area contributed by atoms with E-state index in [2.05, 4.69) is 34.5 Å². The zero-order valence-electron chi connectivity index (χ0n) is 13.7. The van der Waals surface area contributed by atoms with Crippen molar-refractivity contribution >= 4 is 5.91 Å². The number of carbonyl (C=O) groups excluding carboxylic acids is 1. The SMILES string of the molecule is O=C(Cc1ccc(F)cc1)NC1CCCN(Cc2ccccc2)C1. The summed E-state index contributed by atoms with van der Waals surface area (Å²) in [7, 11) is 0. The molecule has 1 unspecified atom stereocenters. The number of nitrogens with one attached hydrogen (secondary N) is 1. The molecule has 1 aliphatic rings. The van der Waals surface area contributed by atoms with Crippen LogP contribution in [0, 0.1) is 5.82 Å². The molecule has 1 atom stereocenters. The maximum Gasteiger partial charge on any atom is 0.224 e. The maximum atomic E-state index is 12.9. The minimum Gasteiger partial charge on any atom is -0.352 e. The Morgan fingerprint density at radius 3 is 2.58 bits per heavy atom. The molecule has 0 spiro atoms. The summed E-state index contributed by atoms with van der Waals surface area (Å²) in [6.07, 6.45) is 2.41. The second-order valence-corrected chi connectivity index (χ2v) is 6.43. The zero-order chi connectivity index (χ0) is 16.8. The van der Waals surface area contributed by atoms with Gasteiger partial charge in [0.2, 0.25) is 5.91 Å². The van der Waals surface area contributed by atoms with Crippen molar-refractivity contribution < 1.29 is 9.18 Å². The Balaban J connectivity index is 1.49. The van der Waals surface area contributed by atoms with Gasteiger partial charge in [-0.15, -0.1) is 0 Å². The van der Waals surface area contributed by atoms with E-state index in [-0.39, 0.29) is 17.8 Å². The number of hydrogen-bond acceptors (Lipinski definition) is 2. The summed E-state index contributed by atoms with van der Waals surface area (Å²) < 4.78 is 12.9. The van der Waals surface area contributed by atoms with Crippen molar-refractivity contribution in [2.24, 2.45) is 0 Å². The molecule has 1 aliphatic heterocycles. The van der Waals surface area contributed by atoms with Crippen LogP contribution in [0.1, 0.15) is 24.0 Å². The van der Waals surface area contributed by atoms with Gasteiger partial charge in [-0.1, -0.05) is 42.5 Å². The van der Waals surface area contributed by atoms with Crippen LogP contribution in [0.25, 0.3) is 0 Å². The van der Waals surface area contributed by atoms with Crippen LogP contribution in [0.4, 0.5) is 4.39 Å². The Hall–Kier alpha value is -2.20. The first-order chi connectivity index (χ1) is 11.7. The molecule has 1 saturated heterocycles. The molecule has 1 heterocycles. The lowest BCUT2D eigenvalue weighted by atomic mass is 10.0. The van der Waals surface area contributed by atoms with Gasteiger partial charge in [0.25, 0.3) is 0 Å². The van der Waals surface area contributed by atoms with Gasteiger partial charge in [-0.05, 0) is 42.6 Å². The number of piperidine rings is 1. The summed E-state index contributed by atoms with van der Waals surface area (Å²) >= 11 is 0. The molecule has 0 radical (unpaired) electrons. The van der Waals surface area contributed by atoms with E-state index in [9.17, 15) is 9.18 Å².